The molecule has 9 heteroatoms. The van der Waals surface area contributed by atoms with E-state index in [1.54, 1.807) is 31.2 Å². The Kier molecular flexibility index (Phi) is 9.07. The summed E-state index contributed by atoms with van der Waals surface area (Å²) in [6.07, 6.45) is 1.79. The van der Waals surface area contributed by atoms with E-state index in [0.717, 1.165) is 12.7 Å². The zero-order chi connectivity index (χ0) is 25.7. The molecule has 0 saturated carbocycles. The van der Waals surface area contributed by atoms with Crippen LogP contribution >= 0.6 is 56.9 Å². The van der Waals surface area contributed by atoms with Crippen LogP contribution in [-0.2, 0) is 16.1 Å². The van der Waals surface area contributed by atoms with Crippen LogP contribution in [0.1, 0.15) is 18.1 Å². The Bertz CT molecular complexity index is 1370. The van der Waals surface area contributed by atoms with Crippen molar-refractivity contribution in [2.75, 3.05) is 6.61 Å². The van der Waals surface area contributed by atoms with Crippen molar-refractivity contribution in [3.63, 3.8) is 0 Å². The fraction of sp³-hybridized carbons (Fsp3) is 0.111. The van der Waals surface area contributed by atoms with Crippen LogP contribution in [0.15, 0.2) is 88.0 Å². The van der Waals surface area contributed by atoms with Crippen LogP contribution in [0.2, 0.25) is 0 Å². The number of carbonyl (C=O) groups excluding carboxylic acids is 1. The molecule has 0 amide bonds. The van der Waals surface area contributed by atoms with Crippen LogP contribution in [-0.4, -0.2) is 22.7 Å². The first-order chi connectivity index (χ1) is 17.4. The lowest BCUT2D eigenvalue weighted by atomic mass is 10.1. The third kappa shape index (κ3) is 6.30. The van der Waals surface area contributed by atoms with E-state index in [2.05, 4.69) is 50.2 Å². The Morgan fingerprint density at radius 3 is 2.42 bits per heavy atom. The fourth-order valence-corrected chi connectivity index (χ4v) is 6.49. The van der Waals surface area contributed by atoms with Crippen LogP contribution < -0.4 is 4.74 Å². The lowest BCUT2D eigenvalue weighted by molar-refractivity contribution is -0.138. The minimum absolute atomic E-state index is 0.0474. The van der Waals surface area contributed by atoms with Crippen molar-refractivity contribution >= 4 is 79.7 Å². The van der Waals surface area contributed by atoms with Gasteiger partial charge in [0.15, 0.2) is 0 Å². The highest BCUT2D eigenvalue weighted by Crippen LogP contribution is 2.41. The molecule has 1 aliphatic rings. The quantitative estimate of drug-likeness (QED) is 0.199. The first-order valence-electron chi connectivity index (χ1n) is 10.9. The van der Waals surface area contributed by atoms with Gasteiger partial charge in [0.1, 0.15) is 34.5 Å². The predicted molar refractivity (Wildman–Crippen MR) is 158 cm³/mol. The summed E-state index contributed by atoms with van der Waals surface area (Å²) in [6, 6.07) is 19.5. The molecule has 0 spiro atoms. The fourth-order valence-electron chi connectivity index (χ4n) is 3.33. The molecule has 3 aromatic rings. The molecule has 1 N–H and O–H groups in total. The number of halogens is 3. The zero-order valence-electron chi connectivity index (χ0n) is 19.0. The van der Waals surface area contributed by atoms with Crippen LogP contribution in [0.4, 0.5) is 10.1 Å². The lowest BCUT2D eigenvalue weighted by Crippen LogP contribution is -2.12. The number of aliphatic hydroxyl groups excluding tert-OH is 1. The van der Waals surface area contributed by atoms with Gasteiger partial charge in [0.2, 0.25) is 0 Å². The standard InChI is InChI=1S/C27H20FI2NO4S/c1-2-34-27(33)23-24(32)22(36-26(23)31-18-9-4-3-5-10-18)14-16-12-20(29)25(21(30)13-16)35-15-17-8-6-7-11-19(17)28/h3-14,32H,2,15H2,1H3/b22-14-,31-26?. The van der Waals surface area contributed by atoms with Gasteiger partial charge in [0.05, 0.1) is 24.3 Å². The molecule has 5 nitrogen and oxygen atoms in total. The Morgan fingerprint density at radius 1 is 1.08 bits per heavy atom. The van der Waals surface area contributed by atoms with Crippen LogP contribution in [0.25, 0.3) is 6.08 Å². The predicted octanol–water partition coefficient (Wildman–Crippen LogP) is 7.81. The topological polar surface area (TPSA) is 68.1 Å². The largest absolute Gasteiger partial charge is 0.506 e. The van der Waals surface area contributed by atoms with Gasteiger partial charge < -0.3 is 14.6 Å². The first kappa shape index (κ1) is 26.7. The Labute approximate surface area is 239 Å². The molecule has 0 bridgehead atoms. The maximum absolute atomic E-state index is 14.0. The Hall–Kier alpha value is -2.38. The van der Waals surface area contributed by atoms with Gasteiger partial charge in [-0.3, -0.25) is 0 Å². The van der Waals surface area contributed by atoms with Crippen LogP contribution in [0.3, 0.4) is 0 Å². The van der Waals surface area contributed by atoms with E-state index < -0.39 is 5.97 Å². The van der Waals surface area contributed by atoms with Gasteiger partial charge in [-0.05, 0) is 94.1 Å². The average molecular weight is 727 g/mol. The molecular formula is C27H20FI2NO4S. The summed E-state index contributed by atoms with van der Waals surface area (Å²) in [6.45, 7) is 2.01. The molecule has 0 saturated heterocycles. The first-order valence-corrected chi connectivity index (χ1v) is 13.8. The van der Waals surface area contributed by atoms with Crippen molar-refractivity contribution in [1.82, 2.24) is 0 Å². The number of hydrogen-bond acceptors (Lipinski definition) is 6. The number of ether oxygens (including phenoxy) is 2. The van der Waals surface area contributed by atoms with Crippen LogP contribution in [0, 0.1) is 13.0 Å². The molecular weight excluding hydrogens is 707 g/mol. The van der Waals surface area contributed by atoms with Crippen molar-refractivity contribution in [3.8, 4) is 5.75 Å². The molecule has 1 heterocycles. The number of aliphatic hydroxyl groups is 1. The van der Waals surface area contributed by atoms with Gasteiger partial charge >= 0.3 is 5.97 Å². The highest BCUT2D eigenvalue weighted by molar-refractivity contribution is 14.1. The van der Waals surface area contributed by atoms with E-state index in [1.807, 2.05) is 42.5 Å². The number of aliphatic imine (C=N–C) groups is 1. The number of hydrogen-bond donors (Lipinski definition) is 1. The smallest absolute Gasteiger partial charge is 0.344 e. The number of rotatable bonds is 7. The molecule has 0 unspecified atom stereocenters. The molecule has 0 aromatic heterocycles. The number of carbonyl (C=O) groups is 1. The van der Waals surface area contributed by atoms with E-state index in [4.69, 9.17) is 9.47 Å². The minimum atomic E-state index is -0.623. The molecule has 184 valence electrons. The third-order valence-corrected chi connectivity index (χ3v) is 7.63. The van der Waals surface area contributed by atoms with Gasteiger partial charge in [-0.1, -0.05) is 48.2 Å². The minimum Gasteiger partial charge on any atom is -0.506 e. The maximum Gasteiger partial charge on any atom is 0.344 e. The van der Waals surface area contributed by atoms with E-state index in [-0.39, 0.29) is 30.4 Å². The number of benzene rings is 3. The lowest BCUT2D eigenvalue weighted by Gasteiger charge is -2.12. The van der Waals surface area contributed by atoms with Crippen molar-refractivity contribution < 1.29 is 23.8 Å². The second kappa shape index (κ2) is 12.2. The monoisotopic (exact) mass is 727 g/mol. The molecule has 4 rings (SSSR count). The van der Waals surface area contributed by atoms with Crippen molar-refractivity contribution in [2.45, 2.75) is 13.5 Å². The molecule has 36 heavy (non-hydrogen) atoms. The number of nitrogens with zero attached hydrogens (tertiary/aromatic N) is 1. The summed E-state index contributed by atoms with van der Waals surface area (Å²) in [5, 5.41) is 11.3. The number of thioether (sulfide) groups is 1. The van der Waals surface area contributed by atoms with Gasteiger partial charge in [0, 0.05) is 5.56 Å². The molecule has 1 aliphatic heterocycles. The van der Waals surface area contributed by atoms with Crippen LogP contribution in [0.5, 0.6) is 5.75 Å². The molecule has 3 aromatic carbocycles. The third-order valence-electron chi connectivity index (χ3n) is 5.01. The van der Waals surface area contributed by atoms with Crippen molar-refractivity contribution in [2.24, 2.45) is 4.99 Å². The SMILES string of the molecule is CCOC(=O)C1=C(O)/C(=C/c2cc(I)c(OCc3ccccc3F)c(I)c2)SC1=Nc1ccccc1. The summed E-state index contributed by atoms with van der Waals surface area (Å²) in [5.74, 6) is -0.451. The number of para-hydroxylation sites is 1. The van der Waals surface area contributed by atoms with Crippen molar-refractivity contribution in [3.05, 3.63) is 107 Å². The van der Waals surface area contributed by atoms with Gasteiger partial charge in [-0.2, -0.15) is 0 Å². The van der Waals surface area contributed by atoms with E-state index in [0.29, 0.717) is 26.9 Å². The van der Waals surface area contributed by atoms with Gasteiger partial charge in [-0.25, -0.2) is 14.2 Å². The van der Waals surface area contributed by atoms with E-state index in [9.17, 15) is 14.3 Å². The van der Waals surface area contributed by atoms with E-state index >= 15 is 0 Å². The van der Waals surface area contributed by atoms with Gasteiger partial charge in [0.25, 0.3) is 0 Å². The zero-order valence-corrected chi connectivity index (χ0v) is 24.1. The molecule has 0 aliphatic carbocycles. The summed E-state index contributed by atoms with van der Waals surface area (Å²) in [7, 11) is 0. The Morgan fingerprint density at radius 2 is 1.75 bits per heavy atom. The summed E-state index contributed by atoms with van der Waals surface area (Å²) >= 11 is 5.54. The Balaban J connectivity index is 1.64. The normalized spacial score (nSPS) is 15.6. The molecule has 0 fully saturated rings. The highest BCUT2D eigenvalue weighted by atomic mass is 127. The summed E-state index contributed by atoms with van der Waals surface area (Å²) < 4.78 is 26.7. The average Bonchev–Trinajstić information content (AvgIpc) is 3.14. The van der Waals surface area contributed by atoms with E-state index in [1.165, 1.54) is 17.8 Å². The maximum atomic E-state index is 14.0. The number of esters is 1. The molecule has 0 radical (unpaired) electrons. The van der Waals surface area contributed by atoms with Gasteiger partial charge in [-0.15, -0.1) is 0 Å². The summed E-state index contributed by atoms with van der Waals surface area (Å²) in [5.41, 5.74) is 1.99. The second-order valence-corrected chi connectivity index (χ2v) is 10.9. The molecule has 0 atom stereocenters. The second-order valence-electron chi connectivity index (χ2n) is 7.50. The summed E-state index contributed by atoms with van der Waals surface area (Å²) in [4.78, 5) is 17.7. The van der Waals surface area contributed by atoms with Crippen molar-refractivity contribution in [1.29, 1.82) is 0 Å². The highest BCUT2D eigenvalue weighted by Gasteiger charge is 2.33.